The first-order valence-corrected chi connectivity index (χ1v) is 12.4. The number of nitrogens with zero attached hydrogens (tertiary/aromatic N) is 1. The molecule has 1 fully saturated rings. The minimum atomic E-state index is 0.00183. The molecule has 0 unspecified atom stereocenters. The molecule has 1 aliphatic heterocycles. The maximum Gasteiger partial charge on any atom is 0.226 e. The smallest absolute Gasteiger partial charge is 0.226 e. The van der Waals surface area contributed by atoms with E-state index >= 15 is 0 Å². The fraction of sp³-hybridized carbons (Fsp3) is 0.577. The monoisotopic (exact) mass is 426 g/mol. The summed E-state index contributed by atoms with van der Waals surface area (Å²) in [4.78, 5) is 16.2. The Labute approximate surface area is 187 Å². The third kappa shape index (κ3) is 6.49. The van der Waals surface area contributed by atoms with E-state index in [1.807, 2.05) is 31.7 Å². The molecule has 0 atom stereocenters. The van der Waals surface area contributed by atoms with Gasteiger partial charge in [0.05, 0.1) is 0 Å². The molecular formula is C26H38N2OS. The zero-order chi connectivity index (χ0) is 21.7. The minimum Gasteiger partial charge on any atom is -0.326 e. The van der Waals surface area contributed by atoms with E-state index in [0.717, 1.165) is 25.3 Å². The van der Waals surface area contributed by atoms with Gasteiger partial charge in [-0.3, -0.25) is 9.69 Å². The fourth-order valence-electron chi connectivity index (χ4n) is 4.33. The van der Waals surface area contributed by atoms with Crippen LogP contribution in [0.2, 0.25) is 0 Å². The molecule has 1 amide bonds. The molecule has 0 radical (unpaired) electrons. The van der Waals surface area contributed by atoms with Gasteiger partial charge in [0, 0.05) is 23.4 Å². The number of likely N-dealkylation sites (tertiary alicyclic amines) is 1. The van der Waals surface area contributed by atoms with Gasteiger partial charge in [0.1, 0.15) is 0 Å². The van der Waals surface area contributed by atoms with Crippen LogP contribution in [0.15, 0.2) is 40.8 Å². The third-order valence-corrected chi connectivity index (χ3v) is 7.22. The number of amides is 1. The van der Waals surface area contributed by atoms with E-state index in [2.05, 4.69) is 55.3 Å². The lowest BCUT2D eigenvalue weighted by Crippen LogP contribution is -2.34. The van der Waals surface area contributed by atoms with Crippen molar-refractivity contribution in [3.8, 4) is 0 Å². The molecule has 0 spiro atoms. The summed E-state index contributed by atoms with van der Waals surface area (Å²) in [7, 11) is 0. The number of nitrogens with one attached hydrogen (secondary N) is 1. The topological polar surface area (TPSA) is 32.3 Å². The predicted octanol–water partition coefficient (Wildman–Crippen LogP) is 6.51. The number of hydrogen-bond acceptors (Lipinski definition) is 3. The second-order valence-corrected chi connectivity index (χ2v) is 11.1. The Kier molecular flexibility index (Phi) is 8.24. The molecule has 0 bridgehead atoms. The lowest BCUT2D eigenvalue weighted by molar-refractivity contribution is -0.118. The zero-order valence-electron chi connectivity index (χ0n) is 19.3. The Hall–Kier alpha value is -1.52. The molecule has 4 heteroatoms. The number of carbonyl (C=O) groups excluding carboxylic acids is 1. The van der Waals surface area contributed by atoms with Gasteiger partial charge in [-0.2, -0.15) is 0 Å². The van der Waals surface area contributed by atoms with Gasteiger partial charge in [0.15, 0.2) is 0 Å². The molecule has 1 aliphatic carbocycles. The molecule has 0 aromatic heterocycles. The van der Waals surface area contributed by atoms with Crippen molar-refractivity contribution >= 4 is 23.4 Å². The van der Waals surface area contributed by atoms with Crippen LogP contribution in [0.3, 0.4) is 0 Å². The maximum absolute atomic E-state index is 12.1. The summed E-state index contributed by atoms with van der Waals surface area (Å²) >= 11 is 2.01. The van der Waals surface area contributed by atoms with Gasteiger partial charge < -0.3 is 5.32 Å². The number of allylic oxidation sites excluding steroid dienone is 3. The number of thioether (sulfide) groups is 1. The van der Waals surface area contributed by atoms with Crippen molar-refractivity contribution in [1.29, 1.82) is 0 Å². The van der Waals surface area contributed by atoms with Crippen molar-refractivity contribution in [2.75, 3.05) is 25.0 Å². The summed E-state index contributed by atoms with van der Waals surface area (Å²) in [5, 5.41) is 3.73. The number of carbonyl (C=O) groups is 1. The van der Waals surface area contributed by atoms with E-state index in [0.29, 0.717) is 11.2 Å². The SMILES string of the molecule is Cc1ccc(NC(=O)C(C)C)cc1C1CCN(CC2=CC=C(SC(C)C)CC2)CC1. The van der Waals surface area contributed by atoms with Crippen molar-refractivity contribution < 1.29 is 4.79 Å². The Morgan fingerprint density at radius 3 is 2.47 bits per heavy atom. The Morgan fingerprint density at radius 1 is 1.13 bits per heavy atom. The highest BCUT2D eigenvalue weighted by atomic mass is 32.2. The van der Waals surface area contributed by atoms with Crippen molar-refractivity contribution in [3.63, 3.8) is 0 Å². The molecular weight excluding hydrogens is 388 g/mol. The van der Waals surface area contributed by atoms with Gasteiger partial charge in [-0.1, -0.05) is 51.5 Å². The number of aryl methyl sites for hydroxylation is 1. The van der Waals surface area contributed by atoms with Crippen LogP contribution in [0.4, 0.5) is 5.69 Å². The Morgan fingerprint density at radius 2 is 1.87 bits per heavy atom. The quantitative estimate of drug-likeness (QED) is 0.539. The standard InChI is InChI=1S/C26H38N2OS/c1-18(2)26(29)27-23-9-6-20(5)25(16-23)22-12-14-28(15-13-22)17-21-7-10-24(11-8-21)30-19(3)4/h6-7,9-10,16,18-19,22H,8,11-15,17H2,1-5H3,(H,27,29). The van der Waals surface area contributed by atoms with Gasteiger partial charge in [-0.15, -0.1) is 11.8 Å². The van der Waals surface area contributed by atoms with Crippen LogP contribution in [0.25, 0.3) is 0 Å². The van der Waals surface area contributed by atoms with Gasteiger partial charge in [0.2, 0.25) is 5.91 Å². The molecule has 164 valence electrons. The molecule has 1 aromatic carbocycles. The fourth-order valence-corrected chi connectivity index (χ4v) is 5.30. The van der Waals surface area contributed by atoms with Gasteiger partial charge in [-0.25, -0.2) is 0 Å². The summed E-state index contributed by atoms with van der Waals surface area (Å²) in [6, 6.07) is 6.39. The highest BCUT2D eigenvalue weighted by molar-refractivity contribution is 8.03. The molecule has 1 aromatic rings. The van der Waals surface area contributed by atoms with Crippen LogP contribution in [0, 0.1) is 12.8 Å². The second kappa shape index (κ2) is 10.7. The highest BCUT2D eigenvalue weighted by Crippen LogP contribution is 2.34. The third-order valence-electron chi connectivity index (χ3n) is 6.11. The van der Waals surface area contributed by atoms with E-state index in [-0.39, 0.29) is 11.8 Å². The first-order valence-electron chi connectivity index (χ1n) is 11.5. The van der Waals surface area contributed by atoms with Crippen LogP contribution in [0.1, 0.15) is 70.4 Å². The lowest BCUT2D eigenvalue weighted by Gasteiger charge is -2.34. The highest BCUT2D eigenvalue weighted by Gasteiger charge is 2.23. The van der Waals surface area contributed by atoms with Gasteiger partial charge in [0.25, 0.3) is 0 Å². The van der Waals surface area contributed by atoms with Crippen LogP contribution in [-0.2, 0) is 4.79 Å². The lowest BCUT2D eigenvalue weighted by atomic mass is 9.86. The average Bonchev–Trinajstić information content (AvgIpc) is 2.71. The second-order valence-electron chi connectivity index (χ2n) is 9.39. The van der Waals surface area contributed by atoms with Crippen LogP contribution < -0.4 is 5.32 Å². The molecule has 1 N–H and O–H groups in total. The van der Waals surface area contributed by atoms with Crippen molar-refractivity contribution in [1.82, 2.24) is 4.90 Å². The van der Waals surface area contributed by atoms with Crippen LogP contribution in [0.5, 0.6) is 0 Å². The molecule has 1 heterocycles. The van der Waals surface area contributed by atoms with Crippen LogP contribution >= 0.6 is 11.8 Å². The van der Waals surface area contributed by atoms with Crippen molar-refractivity contribution in [2.24, 2.45) is 5.92 Å². The molecule has 30 heavy (non-hydrogen) atoms. The summed E-state index contributed by atoms with van der Waals surface area (Å²) in [6.07, 6.45) is 9.52. The first-order chi connectivity index (χ1) is 14.3. The number of piperidine rings is 1. The average molecular weight is 427 g/mol. The maximum atomic E-state index is 12.1. The molecule has 0 saturated carbocycles. The predicted molar refractivity (Wildman–Crippen MR) is 131 cm³/mol. The summed E-state index contributed by atoms with van der Waals surface area (Å²) in [6.45, 7) is 14.0. The summed E-state index contributed by atoms with van der Waals surface area (Å²) < 4.78 is 0. The normalized spacial score (nSPS) is 18.5. The van der Waals surface area contributed by atoms with E-state index in [9.17, 15) is 4.79 Å². The van der Waals surface area contributed by atoms with Gasteiger partial charge >= 0.3 is 0 Å². The van der Waals surface area contributed by atoms with Crippen molar-refractivity contribution in [2.45, 2.75) is 71.5 Å². The summed E-state index contributed by atoms with van der Waals surface area (Å²) in [5.41, 5.74) is 5.26. The largest absolute Gasteiger partial charge is 0.326 e. The molecule has 3 nitrogen and oxygen atoms in total. The zero-order valence-corrected chi connectivity index (χ0v) is 20.1. The molecule has 3 rings (SSSR count). The number of hydrogen-bond donors (Lipinski definition) is 1. The summed E-state index contributed by atoms with van der Waals surface area (Å²) in [5.74, 6) is 0.679. The van der Waals surface area contributed by atoms with E-state index in [4.69, 9.17) is 0 Å². The number of benzene rings is 1. The van der Waals surface area contributed by atoms with E-state index < -0.39 is 0 Å². The molecule has 2 aliphatic rings. The van der Waals surface area contributed by atoms with Crippen LogP contribution in [-0.4, -0.2) is 35.7 Å². The number of anilines is 1. The van der Waals surface area contributed by atoms with Crippen molar-refractivity contribution in [3.05, 3.63) is 52.0 Å². The Bertz CT molecular complexity index is 801. The minimum absolute atomic E-state index is 0.00183. The first kappa shape index (κ1) is 23.1. The Balaban J connectivity index is 1.55. The molecule has 1 saturated heterocycles. The van der Waals surface area contributed by atoms with E-state index in [1.165, 1.54) is 41.7 Å². The number of rotatable bonds is 7. The van der Waals surface area contributed by atoms with E-state index in [1.54, 1.807) is 5.57 Å². The van der Waals surface area contributed by atoms with Gasteiger partial charge in [-0.05, 0) is 79.8 Å².